The van der Waals surface area contributed by atoms with Crippen LogP contribution in [-0.2, 0) is 16.0 Å². The van der Waals surface area contributed by atoms with Crippen molar-refractivity contribution in [3.05, 3.63) is 59.1 Å². The van der Waals surface area contributed by atoms with Crippen LogP contribution in [0.3, 0.4) is 0 Å². The van der Waals surface area contributed by atoms with Gasteiger partial charge in [0.05, 0.1) is 5.75 Å². The van der Waals surface area contributed by atoms with Gasteiger partial charge in [0.25, 0.3) is 5.91 Å². The molecule has 1 N–H and O–H groups in total. The fourth-order valence-electron chi connectivity index (χ4n) is 3.15. The van der Waals surface area contributed by atoms with E-state index in [2.05, 4.69) is 21.6 Å². The number of ether oxygens (including phenoxy) is 1. The van der Waals surface area contributed by atoms with Gasteiger partial charge in [0, 0.05) is 17.3 Å². The summed E-state index contributed by atoms with van der Waals surface area (Å²) < 4.78 is 6.03. The van der Waals surface area contributed by atoms with Gasteiger partial charge in [0.1, 0.15) is 5.75 Å². The Hall–Kier alpha value is -2.62. The summed E-state index contributed by atoms with van der Waals surface area (Å²) >= 11 is 8.36. The molecule has 0 fully saturated rings. The fourth-order valence-corrected chi connectivity index (χ4v) is 4.92. The molecule has 0 spiro atoms. The molecule has 3 aromatic rings. The third-order valence-corrected chi connectivity index (χ3v) is 6.78. The summed E-state index contributed by atoms with van der Waals surface area (Å²) in [7, 11) is 0. The maximum absolute atomic E-state index is 12.7. The number of aryl methyl sites for hydroxylation is 1. The number of anilines is 2. The lowest BCUT2D eigenvalue weighted by Crippen LogP contribution is -2.36. The molecule has 2 heterocycles. The molecule has 1 aromatic heterocycles. The largest absolute Gasteiger partial charge is 0.484 e. The van der Waals surface area contributed by atoms with Crippen molar-refractivity contribution in [2.24, 2.45) is 0 Å². The molecule has 2 aromatic carbocycles. The quantitative estimate of drug-likeness (QED) is 0.406. The van der Waals surface area contributed by atoms with Crippen LogP contribution in [0.2, 0.25) is 5.02 Å². The third-order valence-electron chi connectivity index (χ3n) is 4.57. The lowest BCUT2D eigenvalue weighted by molar-refractivity contribution is -0.118. The van der Waals surface area contributed by atoms with E-state index in [1.54, 1.807) is 24.3 Å². The summed E-state index contributed by atoms with van der Waals surface area (Å²) in [5.41, 5.74) is 2.19. The molecule has 0 bridgehead atoms. The number of para-hydroxylation sites is 1. The number of carbonyl (C=O) groups is 2. The number of hydrogen-bond acceptors (Lipinski definition) is 7. The molecule has 0 saturated carbocycles. The molecule has 160 valence electrons. The zero-order chi connectivity index (χ0) is 21.6. The van der Waals surface area contributed by atoms with Crippen molar-refractivity contribution in [3.63, 3.8) is 0 Å². The van der Waals surface area contributed by atoms with Gasteiger partial charge < -0.3 is 9.64 Å². The first-order chi connectivity index (χ1) is 15.1. The predicted molar refractivity (Wildman–Crippen MR) is 123 cm³/mol. The summed E-state index contributed by atoms with van der Waals surface area (Å²) in [6, 6.07) is 14.8. The minimum atomic E-state index is -0.344. The number of amides is 2. The highest BCUT2D eigenvalue weighted by Gasteiger charge is 2.22. The van der Waals surface area contributed by atoms with E-state index in [9.17, 15) is 9.59 Å². The van der Waals surface area contributed by atoms with Crippen LogP contribution in [0.15, 0.2) is 52.9 Å². The second-order valence-corrected chi connectivity index (χ2v) is 9.37. The first kappa shape index (κ1) is 21.6. The second-order valence-electron chi connectivity index (χ2n) is 6.73. The number of rotatable bonds is 7. The molecule has 0 radical (unpaired) electrons. The number of thioether (sulfide) groups is 1. The first-order valence-corrected chi connectivity index (χ1v) is 11.8. The van der Waals surface area contributed by atoms with Crippen molar-refractivity contribution in [2.75, 3.05) is 29.1 Å². The average Bonchev–Trinajstić information content (AvgIpc) is 3.24. The van der Waals surface area contributed by atoms with Crippen LogP contribution in [0.25, 0.3) is 0 Å². The SMILES string of the molecule is O=C(COc1ccc(Cl)cc1)Nc1nnc(SCC(=O)N2CCCc3ccccc32)s1. The number of nitrogens with one attached hydrogen (secondary N) is 1. The Morgan fingerprint density at radius 2 is 1.97 bits per heavy atom. The fraction of sp³-hybridized carbons (Fsp3) is 0.238. The Bertz CT molecular complexity index is 1070. The molecule has 10 heteroatoms. The van der Waals surface area contributed by atoms with Gasteiger partial charge in [-0.15, -0.1) is 10.2 Å². The van der Waals surface area contributed by atoms with Crippen LogP contribution in [0.5, 0.6) is 5.75 Å². The lowest BCUT2D eigenvalue weighted by atomic mass is 10.0. The molecule has 0 aliphatic carbocycles. The van der Waals surface area contributed by atoms with Crippen LogP contribution in [0, 0.1) is 0 Å². The van der Waals surface area contributed by atoms with E-state index in [0.29, 0.717) is 20.2 Å². The van der Waals surface area contributed by atoms with Crippen molar-refractivity contribution in [2.45, 2.75) is 17.2 Å². The van der Waals surface area contributed by atoms with Crippen LogP contribution >= 0.6 is 34.7 Å². The van der Waals surface area contributed by atoms with Crippen LogP contribution in [-0.4, -0.2) is 40.9 Å². The van der Waals surface area contributed by atoms with E-state index in [1.165, 1.54) is 28.7 Å². The number of carbonyl (C=O) groups excluding carboxylic acids is 2. The van der Waals surface area contributed by atoms with Gasteiger partial charge in [-0.2, -0.15) is 0 Å². The molecule has 0 saturated heterocycles. The molecule has 2 amide bonds. The first-order valence-electron chi connectivity index (χ1n) is 9.61. The minimum absolute atomic E-state index is 0.0364. The molecule has 0 atom stereocenters. The van der Waals surface area contributed by atoms with E-state index in [4.69, 9.17) is 16.3 Å². The normalized spacial score (nSPS) is 12.9. The van der Waals surface area contributed by atoms with Gasteiger partial charge in [0.2, 0.25) is 11.0 Å². The molecule has 1 aliphatic rings. The van der Waals surface area contributed by atoms with Gasteiger partial charge in [0.15, 0.2) is 10.9 Å². The Balaban J connectivity index is 1.26. The second kappa shape index (κ2) is 10.1. The maximum atomic E-state index is 12.7. The van der Waals surface area contributed by atoms with E-state index in [1.807, 2.05) is 23.1 Å². The molecule has 31 heavy (non-hydrogen) atoms. The highest BCUT2D eigenvalue weighted by molar-refractivity contribution is 8.01. The Labute approximate surface area is 192 Å². The molecular weight excluding hydrogens is 456 g/mol. The zero-order valence-electron chi connectivity index (χ0n) is 16.4. The van der Waals surface area contributed by atoms with Crippen LogP contribution in [0.4, 0.5) is 10.8 Å². The van der Waals surface area contributed by atoms with Gasteiger partial charge in [-0.05, 0) is 48.7 Å². The number of hydrogen-bond donors (Lipinski definition) is 1. The zero-order valence-corrected chi connectivity index (χ0v) is 18.8. The summed E-state index contributed by atoms with van der Waals surface area (Å²) in [5, 5.41) is 11.6. The monoisotopic (exact) mass is 474 g/mol. The number of aromatic nitrogens is 2. The van der Waals surface area contributed by atoms with Crippen molar-refractivity contribution in [3.8, 4) is 5.75 Å². The molecular formula is C21H19ClN4O3S2. The standard InChI is InChI=1S/C21H19ClN4O3S2/c22-15-7-9-16(10-8-15)29-12-18(27)23-20-24-25-21(31-20)30-13-19(28)26-11-3-5-14-4-1-2-6-17(14)26/h1-2,4,6-10H,3,5,11-13H2,(H,23,24,27). The Morgan fingerprint density at radius 3 is 2.81 bits per heavy atom. The van der Waals surface area contributed by atoms with Crippen molar-refractivity contribution in [1.29, 1.82) is 0 Å². The van der Waals surface area contributed by atoms with E-state index in [-0.39, 0.29) is 24.2 Å². The summed E-state index contributed by atoms with van der Waals surface area (Å²) in [4.78, 5) is 26.6. The molecule has 1 aliphatic heterocycles. The number of fused-ring (bicyclic) bond motifs is 1. The summed E-state index contributed by atoms with van der Waals surface area (Å²) in [6.07, 6.45) is 1.95. The average molecular weight is 475 g/mol. The summed E-state index contributed by atoms with van der Waals surface area (Å²) in [6.45, 7) is 0.567. The van der Waals surface area contributed by atoms with Crippen molar-refractivity contribution in [1.82, 2.24) is 10.2 Å². The highest BCUT2D eigenvalue weighted by atomic mass is 35.5. The molecule has 7 nitrogen and oxygen atoms in total. The van der Waals surface area contributed by atoms with Crippen molar-refractivity contribution >= 4 is 57.3 Å². The van der Waals surface area contributed by atoms with Crippen molar-refractivity contribution < 1.29 is 14.3 Å². The van der Waals surface area contributed by atoms with E-state index in [0.717, 1.165) is 25.1 Å². The third kappa shape index (κ3) is 5.75. The maximum Gasteiger partial charge on any atom is 0.264 e. The minimum Gasteiger partial charge on any atom is -0.484 e. The highest BCUT2D eigenvalue weighted by Crippen LogP contribution is 2.30. The van der Waals surface area contributed by atoms with Crippen LogP contribution in [0.1, 0.15) is 12.0 Å². The lowest BCUT2D eigenvalue weighted by Gasteiger charge is -2.29. The Morgan fingerprint density at radius 1 is 1.16 bits per heavy atom. The smallest absolute Gasteiger partial charge is 0.264 e. The van der Waals surface area contributed by atoms with Gasteiger partial charge >= 0.3 is 0 Å². The number of nitrogens with zero attached hydrogens (tertiary/aromatic N) is 3. The topological polar surface area (TPSA) is 84.4 Å². The van der Waals surface area contributed by atoms with Crippen LogP contribution < -0.4 is 15.0 Å². The molecule has 0 unspecified atom stereocenters. The summed E-state index contributed by atoms with van der Waals surface area (Å²) in [5.74, 6) is 0.500. The van der Waals surface area contributed by atoms with E-state index >= 15 is 0 Å². The van der Waals surface area contributed by atoms with Gasteiger partial charge in [-0.1, -0.05) is 52.9 Å². The van der Waals surface area contributed by atoms with Gasteiger partial charge in [-0.25, -0.2) is 0 Å². The number of halogens is 1. The molecule has 4 rings (SSSR count). The predicted octanol–water partition coefficient (Wildman–Crippen LogP) is 4.28. The Kier molecular flexibility index (Phi) is 7.06. The van der Waals surface area contributed by atoms with Gasteiger partial charge in [-0.3, -0.25) is 14.9 Å². The number of benzene rings is 2. The van der Waals surface area contributed by atoms with E-state index < -0.39 is 0 Å².